The number of ether oxygens (including phenoxy) is 1. The van der Waals surface area contributed by atoms with E-state index in [2.05, 4.69) is 0 Å². The second kappa shape index (κ2) is 9.80. The number of alkyl halides is 3. The first-order chi connectivity index (χ1) is 15.8. The fourth-order valence-electron chi connectivity index (χ4n) is 4.08. The van der Waals surface area contributed by atoms with E-state index in [-0.39, 0.29) is 12.2 Å². The summed E-state index contributed by atoms with van der Waals surface area (Å²) in [5, 5.41) is 12.5. The van der Waals surface area contributed by atoms with E-state index in [0.29, 0.717) is 38.5 Å². The van der Waals surface area contributed by atoms with Crippen LogP contribution in [0.2, 0.25) is 0 Å². The summed E-state index contributed by atoms with van der Waals surface area (Å²) in [5.41, 5.74) is -1.25. The molecule has 1 atom stereocenters. The summed E-state index contributed by atoms with van der Waals surface area (Å²) in [6.07, 6.45) is -5.32. The molecule has 1 saturated heterocycles. The Morgan fingerprint density at radius 2 is 1.61 bits per heavy atom. The number of aliphatic hydroxyl groups excluding tert-OH is 1. The van der Waals surface area contributed by atoms with E-state index < -0.39 is 23.8 Å². The summed E-state index contributed by atoms with van der Waals surface area (Å²) < 4.78 is 45.6. The lowest BCUT2D eigenvalue weighted by molar-refractivity contribution is -0.138. The highest BCUT2D eigenvalue weighted by atomic mass is 19.4. The van der Waals surface area contributed by atoms with Crippen LogP contribution < -0.4 is 4.74 Å². The van der Waals surface area contributed by atoms with Gasteiger partial charge in [0, 0.05) is 38.1 Å². The van der Waals surface area contributed by atoms with Gasteiger partial charge in [-0.15, -0.1) is 0 Å². The molecule has 1 aliphatic rings. The Balaban J connectivity index is 1.29. The standard InChI is InChI=1S/C25H25F3N2O3/c26-25(27,28)22-10-4-3-9-21(22)24(32)30-14-12-29(13-15-30)16-19(31)17-33-23-11-5-7-18-6-1-2-8-20(18)23/h1-11,19,31H,12-17H2. The number of aliphatic hydroxyl groups is 1. The lowest BCUT2D eigenvalue weighted by atomic mass is 10.1. The number of piperazine rings is 1. The van der Waals surface area contributed by atoms with Crippen molar-refractivity contribution in [3.05, 3.63) is 77.9 Å². The second-order valence-corrected chi connectivity index (χ2v) is 8.08. The van der Waals surface area contributed by atoms with Crippen LogP contribution in [0.25, 0.3) is 10.8 Å². The maximum Gasteiger partial charge on any atom is 0.417 e. The molecule has 33 heavy (non-hydrogen) atoms. The number of rotatable bonds is 6. The Hall–Kier alpha value is -3.10. The molecular weight excluding hydrogens is 433 g/mol. The highest BCUT2D eigenvalue weighted by Crippen LogP contribution is 2.32. The summed E-state index contributed by atoms with van der Waals surface area (Å²) in [6.45, 7) is 1.98. The molecule has 1 unspecified atom stereocenters. The fraction of sp³-hybridized carbons (Fsp3) is 0.320. The number of benzene rings is 3. The van der Waals surface area contributed by atoms with Crippen LogP contribution in [0.5, 0.6) is 5.75 Å². The normalized spacial score (nSPS) is 16.1. The zero-order chi connectivity index (χ0) is 23.4. The van der Waals surface area contributed by atoms with Crippen molar-refractivity contribution in [1.29, 1.82) is 0 Å². The highest BCUT2D eigenvalue weighted by Gasteiger charge is 2.36. The van der Waals surface area contributed by atoms with Crippen LogP contribution in [0.3, 0.4) is 0 Å². The molecule has 8 heteroatoms. The molecule has 1 fully saturated rings. The smallest absolute Gasteiger partial charge is 0.417 e. The third-order valence-corrected chi connectivity index (χ3v) is 5.77. The molecule has 4 rings (SSSR count). The molecular formula is C25H25F3N2O3. The zero-order valence-electron chi connectivity index (χ0n) is 18.0. The van der Waals surface area contributed by atoms with Gasteiger partial charge in [0.05, 0.1) is 11.1 Å². The van der Waals surface area contributed by atoms with Crippen molar-refractivity contribution in [3.8, 4) is 5.75 Å². The third-order valence-electron chi connectivity index (χ3n) is 5.77. The monoisotopic (exact) mass is 458 g/mol. The summed E-state index contributed by atoms with van der Waals surface area (Å²) in [6, 6.07) is 18.4. The number of hydrogen-bond donors (Lipinski definition) is 1. The van der Waals surface area contributed by atoms with Crippen LogP contribution in [0.15, 0.2) is 66.7 Å². The lowest BCUT2D eigenvalue weighted by Crippen LogP contribution is -2.51. The topological polar surface area (TPSA) is 53.0 Å². The number of amides is 1. The van der Waals surface area contributed by atoms with Crippen molar-refractivity contribution >= 4 is 16.7 Å². The number of fused-ring (bicyclic) bond motifs is 1. The predicted octanol–water partition coefficient (Wildman–Crippen LogP) is 4.06. The van der Waals surface area contributed by atoms with Gasteiger partial charge in [-0.25, -0.2) is 0 Å². The minimum Gasteiger partial charge on any atom is -0.490 e. The lowest BCUT2D eigenvalue weighted by Gasteiger charge is -2.36. The first-order valence-electron chi connectivity index (χ1n) is 10.8. The quantitative estimate of drug-likeness (QED) is 0.606. The van der Waals surface area contributed by atoms with Gasteiger partial charge in [0.25, 0.3) is 5.91 Å². The van der Waals surface area contributed by atoms with Crippen LogP contribution >= 0.6 is 0 Å². The first kappa shape index (κ1) is 23.1. The van der Waals surface area contributed by atoms with E-state index >= 15 is 0 Å². The van der Waals surface area contributed by atoms with Gasteiger partial charge in [-0.2, -0.15) is 13.2 Å². The molecule has 5 nitrogen and oxygen atoms in total. The number of β-amino-alcohol motifs (C(OH)–C–C–N with tert-alkyl or cyclic N) is 1. The van der Waals surface area contributed by atoms with E-state index in [0.717, 1.165) is 16.8 Å². The van der Waals surface area contributed by atoms with Gasteiger partial charge in [-0.05, 0) is 23.6 Å². The SMILES string of the molecule is O=C(c1ccccc1C(F)(F)F)N1CCN(CC(O)COc2cccc3ccccc23)CC1. The largest absolute Gasteiger partial charge is 0.490 e. The molecule has 1 heterocycles. The predicted molar refractivity (Wildman–Crippen MR) is 119 cm³/mol. The molecule has 174 valence electrons. The Kier molecular flexibility index (Phi) is 6.85. The number of nitrogens with zero attached hydrogens (tertiary/aromatic N) is 2. The van der Waals surface area contributed by atoms with Crippen LogP contribution in [0.4, 0.5) is 13.2 Å². The van der Waals surface area contributed by atoms with Crippen molar-refractivity contribution in [2.45, 2.75) is 12.3 Å². The van der Waals surface area contributed by atoms with Crippen molar-refractivity contribution in [2.24, 2.45) is 0 Å². The molecule has 0 saturated carbocycles. The Bertz CT molecular complexity index is 1110. The van der Waals surface area contributed by atoms with E-state index in [1.54, 1.807) is 0 Å². The Morgan fingerprint density at radius 3 is 2.36 bits per heavy atom. The van der Waals surface area contributed by atoms with Crippen LogP contribution in [0, 0.1) is 0 Å². The van der Waals surface area contributed by atoms with Crippen molar-refractivity contribution in [3.63, 3.8) is 0 Å². The first-order valence-corrected chi connectivity index (χ1v) is 10.8. The summed E-state index contributed by atoms with van der Waals surface area (Å²) in [4.78, 5) is 16.1. The second-order valence-electron chi connectivity index (χ2n) is 8.08. The molecule has 1 amide bonds. The average Bonchev–Trinajstić information content (AvgIpc) is 2.82. The average molecular weight is 458 g/mol. The van der Waals surface area contributed by atoms with Crippen molar-refractivity contribution in [2.75, 3.05) is 39.3 Å². The van der Waals surface area contributed by atoms with Gasteiger partial charge in [-0.3, -0.25) is 9.69 Å². The summed E-state index contributed by atoms with van der Waals surface area (Å²) in [5.74, 6) is 0.0771. The molecule has 0 spiro atoms. The molecule has 0 aliphatic carbocycles. The molecule has 3 aromatic rings. The fourth-order valence-corrected chi connectivity index (χ4v) is 4.08. The zero-order valence-corrected chi connectivity index (χ0v) is 18.0. The molecule has 0 bridgehead atoms. The number of halogens is 3. The van der Waals surface area contributed by atoms with Crippen molar-refractivity contribution in [1.82, 2.24) is 9.80 Å². The van der Waals surface area contributed by atoms with E-state index in [1.165, 1.54) is 23.1 Å². The maximum atomic E-state index is 13.2. The van der Waals surface area contributed by atoms with Gasteiger partial charge in [0.2, 0.25) is 0 Å². The molecule has 0 aromatic heterocycles. The molecule has 1 N–H and O–H groups in total. The maximum absolute atomic E-state index is 13.2. The molecule has 3 aromatic carbocycles. The van der Waals surface area contributed by atoms with Crippen LogP contribution in [-0.4, -0.2) is 66.2 Å². The minimum absolute atomic E-state index is 0.117. The number of hydrogen-bond acceptors (Lipinski definition) is 4. The van der Waals surface area contributed by atoms with E-state index in [4.69, 9.17) is 4.74 Å². The third kappa shape index (κ3) is 5.46. The van der Waals surface area contributed by atoms with Gasteiger partial charge < -0.3 is 14.7 Å². The highest BCUT2D eigenvalue weighted by molar-refractivity contribution is 5.96. The van der Waals surface area contributed by atoms with Gasteiger partial charge >= 0.3 is 6.18 Å². The van der Waals surface area contributed by atoms with Gasteiger partial charge in [0.1, 0.15) is 18.5 Å². The molecule has 0 radical (unpaired) electrons. The van der Waals surface area contributed by atoms with E-state index in [9.17, 15) is 23.1 Å². The number of carbonyl (C=O) groups is 1. The molecule has 1 aliphatic heterocycles. The summed E-state index contributed by atoms with van der Waals surface area (Å²) in [7, 11) is 0. The van der Waals surface area contributed by atoms with Crippen molar-refractivity contribution < 1.29 is 27.8 Å². The van der Waals surface area contributed by atoms with Gasteiger partial charge in [0.15, 0.2) is 0 Å². The van der Waals surface area contributed by atoms with Gasteiger partial charge in [-0.1, -0.05) is 48.5 Å². The van der Waals surface area contributed by atoms with E-state index in [1.807, 2.05) is 47.4 Å². The Morgan fingerprint density at radius 1 is 0.939 bits per heavy atom. The van der Waals surface area contributed by atoms with Crippen LogP contribution in [-0.2, 0) is 6.18 Å². The van der Waals surface area contributed by atoms with Crippen LogP contribution in [0.1, 0.15) is 15.9 Å². The minimum atomic E-state index is -4.58. The number of carbonyl (C=O) groups excluding carboxylic acids is 1. The Labute approximate surface area is 190 Å². The summed E-state index contributed by atoms with van der Waals surface area (Å²) >= 11 is 0.